The van der Waals surface area contributed by atoms with E-state index in [0.717, 1.165) is 6.42 Å². The van der Waals surface area contributed by atoms with Crippen molar-refractivity contribution < 1.29 is 8.42 Å². The summed E-state index contributed by atoms with van der Waals surface area (Å²) in [4.78, 5) is 0. The number of rotatable bonds is 8. The van der Waals surface area contributed by atoms with E-state index < -0.39 is 10.0 Å². The van der Waals surface area contributed by atoms with Crippen LogP contribution in [0.25, 0.3) is 0 Å². The average molecular weight is 262 g/mol. The zero-order valence-corrected chi connectivity index (χ0v) is 12.2. The highest BCUT2D eigenvalue weighted by molar-refractivity contribution is 7.90. The van der Waals surface area contributed by atoms with Crippen molar-refractivity contribution in [2.45, 2.75) is 58.2 Å². The molecule has 0 saturated heterocycles. The molecule has 0 aromatic heterocycles. The lowest BCUT2D eigenvalue weighted by Crippen LogP contribution is -2.42. The lowest BCUT2D eigenvalue weighted by Gasteiger charge is -2.24. The van der Waals surface area contributed by atoms with Crippen LogP contribution in [0.15, 0.2) is 0 Å². The van der Waals surface area contributed by atoms with E-state index in [1.807, 2.05) is 0 Å². The molecular weight excluding hydrogens is 236 g/mol. The van der Waals surface area contributed by atoms with Crippen LogP contribution in [0.1, 0.15) is 47.0 Å². The summed E-state index contributed by atoms with van der Waals surface area (Å²) in [7, 11) is -3.18. The van der Waals surface area contributed by atoms with Gasteiger partial charge in [0.05, 0.1) is 5.25 Å². The van der Waals surface area contributed by atoms with E-state index in [0.29, 0.717) is 19.1 Å². The highest BCUT2D eigenvalue weighted by atomic mass is 32.2. The second kappa shape index (κ2) is 5.67. The SMILES string of the molecule is CCC(C)(C)CNS(=O)(=O)C(C)CNC1CC1. The van der Waals surface area contributed by atoms with Crippen molar-refractivity contribution in [3.05, 3.63) is 0 Å². The van der Waals surface area contributed by atoms with E-state index in [4.69, 9.17) is 0 Å². The van der Waals surface area contributed by atoms with E-state index in [1.165, 1.54) is 12.8 Å². The van der Waals surface area contributed by atoms with E-state index in [1.54, 1.807) is 6.92 Å². The predicted octanol–water partition coefficient (Wildman–Crippen LogP) is 1.48. The molecule has 5 heteroatoms. The Labute approximate surface area is 106 Å². The summed E-state index contributed by atoms with van der Waals surface area (Å²) in [5, 5.41) is 2.89. The molecule has 4 nitrogen and oxygen atoms in total. The number of sulfonamides is 1. The Hall–Kier alpha value is -0.130. The zero-order valence-electron chi connectivity index (χ0n) is 11.4. The first-order valence-electron chi connectivity index (χ1n) is 6.49. The molecule has 2 N–H and O–H groups in total. The normalized spacial score (nSPS) is 19.3. The number of hydrogen-bond donors (Lipinski definition) is 2. The first-order chi connectivity index (χ1) is 7.77. The third kappa shape index (κ3) is 5.36. The van der Waals surface area contributed by atoms with Crippen molar-refractivity contribution in [3.63, 3.8) is 0 Å². The van der Waals surface area contributed by atoms with Crippen molar-refractivity contribution in [3.8, 4) is 0 Å². The zero-order chi connectivity index (χ0) is 13.1. The Morgan fingerprint density at radius 2 is 1.94 bits per heavy atom. The van der Waals surface area contributed by atoms with Crippen molar-refractivity contribution in [1.82, 2.24) is 10.0 Å². The third-order valence-corrected chi connectivity index (χ3v) is 5.28. The monoisotopic (exact) mass is 262 g/mol. The molecule has 1 aliphatic carbocycles. The maximum atomic E-state index is 12.0. The molecule has 0 aromatic rings. The molecule has 1 unspecified atom stereocenters. The van der Waals surface area contributed by atoms with Crippen LogP contribution in [-0.2, 0) is 10.0 Å². The van der Waals surface area contributed by atoms with Gasteiger partial charge in [-0.25, -0.2) is 13.1 Å². The molecule has 0 bridgehead atoms. The minimum Gasteiger partial charge on any atom is -0.313 e. The minimum atomic E-state index is -3.18. The van der Waals surface area contributed by atoms with Crippen LogP contribution in [0, 0.1) is 5.41 Å². The second-order valence-electron chi connectivity index (χ2n) is 5.88. The molecule has 102 valence electrons. The smallest absolute Gasteiger partial charge is 0.215 e. The van der Waals surface area contributed by atoms with Crippen LogP contribution >= 0.6 is 0 Å². The Kier molecular flexibility index (Phi) is 4.98. The van der Waals surface area contributed by atoms with Crippen molar-refractivity contribution in [1.29, 1.82) is 0 Å². The van der Waals surface area contributed by atoms with Crippen LogP contribution in [0.4, 0.5) is 0 Å². The Balaban J connectivity index is 2.37. The Morgan fingerprint density at radius 3 is 2.41 bits per heavy atom. The van der Waals surface area contributed by atoms with E-state index in [2.05, 4.69) is 30.8 Å². The first-order valence-corrected chi connectivity index (χ1v) is 8.03. The number of hydrogen-bond acceptors (Lipinski definition) is 3. The summed E-state index contributed by atoms with van der Waals surface area (Å²) < 4.78 is 26.7. The topological polar surface area (TPSA) is 58.2 Å². The van der Waals surface area contributed by atoms with E-state index in [-0.39, 0.29) is 10.7 Å². The van der Waals surface area contributed by atoms with Gasteiger partial charge in [-0.2, -0.15) is 0 Å². The minimum absolute atomic E-state index is 0.0245. The largest absolute Gasteiger partial charge is 0.313 e. The molecule has 0 heterocycles. The van der Waals surface area contributed by atoms with E-state index >= 15 is 0 Å². The molecule has 1 aliphatic rings. The highest BCUT2D eigenvalue weighted by Crippen LogP contribution is 2.20. The van der Waals surface area contributed by atoms with Gasteiger partial charge in [-0.15, -0.1) is 0 Å². The van der Waals surface area contributed by atoms with Crippen molar-refractivity contribution in [2.75, 3.05) is 13.1 Å². The van der Waals surface area contributed by atoms with Gasteiger partial charge in [0.15, 0.2) is 0 Å². The molecule has 17 heavy (non-hydrogen) atoms. The van der Waals surface area contributed by atoms with Gasteiger partial charge in [-0.05, 0) is 31.6 Å². The fourth-order valence-electron chi connectivity index (χ4n) is 1.29. The summed E-state index contributed by atoms with van der Waals surface area (Å²) in [6.45, 7) is 9.04. The molecule has 1 rings (SSSR count). The van der Waals surface area contributed by atoms with Crippen LogP contribution in [0.2, 0.25) is 0 Å². The summed E-state index contributed by atoms with van der Waals surface area (Å²) in [6.07, 6.45) is 3.33. The molecule has 0 aliphatic heterocycles. The third-order valence-electron chi connectivity index (χ3n) is 3.51. The van der Waals surface area contributed by atoms with Crippen LogP contribution in [0.5, 0.6) is 0 Å². The summed E-state index contributed by atoms with van der Waals surface area (Å²) in [5.74, 6) is 0. The Morgan fingerprint density at radius 1 is 1.35 bits per heavy atom. The van der Waals surface area contributed by atoms with Gasteiger partial charge in [0.1, 0.15) is 0 Å². The van der Waals surface area contributed by atoms with Crippen LogP contribution in [0.3, 0.4) is 0 Å². The maximum absolute atomic E-state index is 12.0. The quantitative estimate of drug-likeness (QED) is 0.696. The summed E-state index contributed by atoms with van der Waals surface area (Å²) in [6, 6.07) is 0.555. The summed E-state index contributed by atoms with van der Waals surface area (Å²) in [5.41, 5.74) is 0.0245. The lowest BCUT2D eigenvalue weighted by atomic mass is 9.91. The molecule has 1 atom stereocenters. The standard InChI is InChI=1S/C12H26N2O2S/c1-5-12(3,4)9-14-17(15,16)10(2)8-13-11-6-7-11/h10-11,13-14H,5-9H2,1-4H3. The fourth-order valence-corrected chi connectivity index (χ4v) is 2.49. The molecule has 0 radical (unpaired) electrons. The van der Waals surface area contributed by atoms with Gasteiger partial charge in [-0.1, -0.05) is 20.8 Å². The second-order valence-corrected chi connectivity index (χ2v) is 8.06. The van der Waals surface area contributed by atoms with Crippen LogP contribution < -0.4 is 10.0 Å². The predicted molar refractivity (Wildman–Crippen MR) is 71.5 cm³/mol. The number of nitrogens with one attached hydrogen (secondary N) is 2. The van der Waals surface area contributed by atoms with Gasteiger partial charge < -0.3 is 5.32 Å². The maximum Gasteiger partial charge on any atom is 0.215 e. The van der Waals surface area contributed by atoms with Gasteiger partial charge in [0.2, 0.25) is 10.0 Å². The molecule has 1 fully saturated rings. The van der Waals surface area contributed by atoms with Gasteiger partial charge in [0, 0.05) is 19.1 Å². The molecule has 1 saturated carbocycles. The van der Waals surface area contributed by atoms with Crippen molar-refractivity contribution >= 4 is 10.0 Å². The van der Waals surface area contributed by atoms with Gasteiger partial charge in [-0.3, -0.25) is 0 Å². The molecule has 0 amide bonds. The van der Waals surface area contributed by atoms with Gasteiger partial charge in [0.25, 0.3) is 0 Å². The average Bonchev–Trinajstić information content (AvgIpc) is 3.07. The Bertz CT molecular complexity index is 334. The van der Waals surface area contributed by atoms with E-state index in [9.17, 15) is 8.42 Å². The lowest BCUT2D eigenvalue weighted by molar-refractivity contribution is 0.349. The molecular formula is C12H26N2O2S. The first kappa shape index (κ1) is 14.9. The summed E-state index contributed by atoms with van der Waals surface area (Å²) >= 11 is 0. The fraction of sp³-hybridized carbons (Fsp3) is 1.00. The van der Waals surface area contributed by atoms with Gasteiger partial charge >= 0.3 is 0 Å². The van der Waals surface area contributed by atoms with Crippen LogP contribution in [-0.4, -0.2) is 32.8 Å². The van der Waals surface area contributed by atoms with Crippen molar-refractivity contribution in [2.24, 2.45) is 5.41 Å². The molecule has 0 aromatic carbocycles. The molecule has 0 spiro atoms. The highest BCUT2D eigenvalue weighted by Gasteiger charge is 2.27.